The minimum absolute atomic E-state index is 0.614. The van der Waals surface area contributed by atoms with Crippen LogP contribution in [0, 0.1) is 0 Å². The van der Waals surface area contributed by atoms with Crippen molar-refractivity contribution in [1.29, 1.82) is 0 Å². The van der Waals surface area contributed by atoms with E-state index in [1.807, 2.05) is 30.3 Å². The predicted molar refractivity (Wildman–Crippen MR) is 44.1 cm³/mol. The maximum atomic E-state index is 10.1. The van der Waals surface area contributed by atoms with Crippen LogP contribution in [0.25, 0.3) is 0 Å². The molecule has 0 heterocycles. The number of hydrogen-bond donors (Lipinski definition) is 2. The third-order valence-corrected chi connectivity index (χ3v) is 1.25. The molecule has 0 spiro atoms. The molecule has 0 radical (unpaired) electrons. The van der Waals surface area contributed by atoms with E-state index in [1.165, 1.54) is 0 Å². The maximum Gasteiger partial charge on any atom is 0.156 e. The van der Waals surface area contributed by atoms with Crippen LogP contribution in [-0.4, -0.2) is 12.5 Å². The number of hydrogen-bond acceptors (Lipinski definition) is 3. The number of carbonyl (C=O) groups excluding carboxylic acids is 1. The molecular weight excluding hydrogens is 140 g/mol. The first-order chi connectivity index (χ1) is 5.33. The van der Waals surface area contributed by atoms with E-state index < -0.39 is 6.17 Å². The van der Waals surface area contributed by atoms with Gasteiger partial charge in [-0.2, -0.15) is 0 Å². The zero-order chi connectivity index (χ0) is 8.10. The van der Waals surface area contributed by atoms with Gasteiger partial charge in [-0.15, -0.1) is 0 Å². The molecule has 0 unspecified atom stereocenters. The lowest BCUT2D eigenvalue weighted by Crippen LogP contribution is -2.30. The Morgan fingerprint density at radius 1 is 1.36 bits per heavy atom. The van der Waals surface area contributed by atoms with Crippen LogP contribution in [0.15, 0.2) is 30.3 Å². The van der Waals surface area contributed by atoms with Crippen molar-refractivity contribution in [3.63, 3.8) is 0 Å². The van der Waals surface area contributed by atoms with Gasteiger partial charge < -0.3 is 11.1 Å². The summed E-state index contributed by atoms with van der Waals surface area (Å²) in [5, 5.41) is 2.80. The van der Waals surface area contributed by atoms with E-state index in [1.54, 1.807) is 0 Å². The third-order valence-electron chi connectivity index (χ3n) is 1.25. The average Bonchev–Trinajstić information content (AvgIpc) is 2.06. The predicted octanol–water partition coefficient (Wildman–Crippen LogP) is 0.582. The highest BCUT2D eigenvalue weighted by atomic mass is 16.1. The van der Waals surface area contributed by atoms with E-state index in [0.717, 1.165) is 5.69 Å². The van der Waals surface area contributed by atoms with Crippen molar-refractivity contribution < 1.29 is 4.79 Å². The molecule has 3 N–H and O–H groups in total. The van der Waals surface area contributed by atoms with Crippen LogP contribution in [0.3, 0.4) is 0 Å². The van der Waals surface area contributed by atoms with Crippen LogP contribution in [0.4, 0.5) is 5.69 Å². The maximum absolute atomic E-state index is 10.1. The van der Waals surface area contributed by atoms with Crippen LogP contribution in [0.1, 0.15) is 0 Å². The number of nitrogens with one attached hydrogen (secondary N) is 1. The average molecular weight is 150 g/mol. The third kappa shape index (κ3) is 2.39. The Morgan fingerprint density at radius 2 is 2.00 bits per heavy atom. The van der Waals surface area contributed by atoms with Crippen LogP contribution >= 0.6 is 0 Å². The summed E-state index contributed by atoms with van der Waals surface area (Å²) < 4.78 is 0. The highest BCUT2D eigenvalue weighted by Gasteiger charge is 1.96. The Hall–Kier alpha value is -1.35. The molecular formula is C8H10N2O. The number of anilines is 1. The first-order valence-corrected chi connectivity index (χ1v) is 3.35. The molecule has 3 nitrogen and oxygen atoms in total. The smallest absolute Gasteiger partial charge is 0.156 e. The molecule has 0 fully saturated rings. The van der Waals surface area contributed by atoms with Gasteiger partial charge in [0.2, 0.25) is 0 Å². The molecule has 11 heavy (non-hydrogen) atoms. The summed E-state index contributed by atoms with van der Waals surface area (Å²) in [5.74, 6) is 0. The number of rotatable bonds is 3. The van der Waals surface area contributed by atoms with Gasteiger partial charge in [0, 0.05) is 5.69 Å². The van der Waals surface area contributed by atoms with Crippen molar-refractivity contribution in [2.45, 2.75) is 6.17 Å². The van der Waals surface area contributed by atoms with E-state index in [0.29, 0.717) is 6.29 Å². The fourth-order valence-corrected chi connectivity index (χ4v) is 0.761. The van der Waals surface area contributed by atoms with Crippen LogP contribution in [0.5, 0.6) is 0 Å². The summed E-state index contributed by atoms with van der Waals surface area (Å²) in [5.41, 5.74) is 6.18. The minimum atomic E-state index is -0.614. The van der Waals surface area contributed by atoms with Gasteiger partial charge in [-0.1, -0.05) is 18.2 Å². The Kier molecular flexibility index (Phi) is 2.63. The van der Waals surface area contributed by atoms with Gasteiger partial charge in [0.1, 0.15) is 6.17 Å². The summed E-state index contributed by atoms with van der Waals surface area (Å²) in [4.78, 5) is 10.1. The summed E-state index contributed by atoms with van der Waals surface area (Å²) in [7, 11) is 0. The molecule has 0 saturated carbocycles. The van der Waals surface area contributed by atoms with Crippen molar-refractivity contribution in [2.24, 2.45) is 5.73 Å². The topological polar surface area (TPSA) is 55.1 Å². The first-order valence-electron chi connectivity index (χ1n) is 3.35. The monoisotopic (exact) mass is 150 g/mol. The largest absolute Gasteiger partial charge is 0.364 e. The molecule has 0 bridgehead atoms. The lowest BCUT2D eigenvalue weighted by molar-refractivity contribution is -0.108. The Morgan fingerprint density at radius 3 is 2.55 bits per heavy atom. The molecule has 0 aliphatic carbocycles. The fourth-order valence-electron chi connectivity index (χ4n) is 0.761. The molecule has 0 amide bonds. The first kappa shape index (κ1) is 7.75. The Labute approximate surface area is 65.2 Å². The molecule has 3 heteroatoms. The minimum Gasteiger partial charge on any atom is -0.364 e. The number of aldehydes is 1. The second-order valence-corrected chi connectivity index (χ2v) is 2.17. The Bertz CT molecular complexity index is 223. The van der Waals surface area contributed by atoms with E-state index in [-0.39, 0.29) is 0 Å². The SMILES string of the molecule is N[C@@H](C=O)Nc1ccccc1. The van der Waals surface area contributed by atoms with Gasteiger partial charge in [0.05, 0.1) is 0 Å². The molecule has 0 aliphatic rings. The lowest BCUT2D eigenvalue weighted by Gasteiger charge is -2.07. The zero-order valence-electron chi connectivity index (χ0n) is 6.03. The zero-order valence-corrected chi connectivity index (χ0v) is 6.03. The molecule has 1 aromatic rings. The molecule has 1 aromatic carbocycles. The van der Waals surface area contributed by atoms with Crippen molar-refractivity contribution in [2.75, 3.05) is 5.32 Å². The van der Waals surface area contributed by atoms with Crippen molar-refractivity contribution in [3.05, 3.63) is 30.3 Å². The number of benzene rings is 1. The molecule has 0 aliphatic heterocycles. The standard InChI is InChI=1S/C8H10N2O/c9-8(6-11)10-7-4-2-1-3-5-7/h1-6,8,10H,9H2/t8-/m1/s1. The van der Waals surface area contributed by atoms with Crippen LogP contribution in [0.2, 0.25) is 0 Å². The van der Waals surface area contributed by atoms with E-state index in [9.17, 15) is 4.79 Å². The molecule has 58 valence electrons. The van der Waals surface area contributed by atoms with E-state index in [4.69, 9.17) is 5.73 Å². The second-order valence-electron chi connectivity index (χ2n) is 2.17. The number of carbonyl (C=O) groups is 1. The van der Waals surface area contributed by atoms with Gasteiger partial charge in [-0.25, -0.2) is 0 Å². The molecule has 1 atom stereocenters. The molecule has 0 aromatic heterocycles. The molecule has 0 saturated heterocycles. The quantitative estimate of drug-likeness (QED) is 0.489. The Balaban J connectivity index is 2.57. The van der Waals surface area contributed by atoms with Crippen molar-refractivity contribution in [3.8, 4) is 0 Å². The normalized spacial score (nSPS) is 12.1. The number of nitrogens with two attached hydrogens (primary N) is 1. The highest BCUT2D eigenvalue weighted by Crippen LogP contribution is 2.04. The van der Waals surface area contributed by atoms with Gasteiger partial charge in [0.15, 0.2) is 6.29 Å². The lowest BCUT2D eigenvalue weighted by atomic mass is 10.3. The summed E-state index contributed by atoms with van der Waals surface area (Å²) in [6.45, 7) is 0. The fraction of sp³-hybridized carbons (Fsp3) is 0.125. The van der Waals surface area contributed by atoms with Crippen LogP contribution < -0.4 is 11.1 Å². The van der Waals surface area contributed by atoms with Gasteiger partial charge >= 0.3 is 0 Å². The summed E-state index contributed by atoms with van der Waals surface area (Å²) in [6, 6.07) is 9.35. The number of para-hydroxylation sites is 1. The van der Waals surface area contributed by atoms with E-state index in [2.05, 4.69) is 5.32 Å². The second kappa shape index (κ2) is 3.73. The van der Waals surface area contributed by atoms with Gasteiger partial charge in [-0.3, -0.25) is 4.79 Å². The van der Waals surface area contributed by atoms with Gasteiger partial charge in [0.25, 0.3) is 0 Å². The van der Waals surface area contributed by atoms with Crippen LogP contribution in [-0.2, 0) is 4.79 Å². The van der Waals surface area contributed by atoms with Crippen molar-refractivity contribution in [1.82, 2.24) is 0 Å². The van der Waals surface area contributed by atoms with Gasteiger partial charge in [-0.05, 0) is 12.1 Å². The summed E-state index contributed by atoms with van der Waals surface area (Å²) in [6.07, 6.45) is 0.0462. The summed E-state index contributed by atoms with van der Waals surface area (Å²) >= 11 is 0. The highest BCUT2D eigenvalue weighted by molar-refractivity contribution is 5.63. The van der Waals surface area contributed by atoms with E-state index >= 15 is 0 Å². The van der Waals surface area contributed by atoms with Crippen molar-refractivity contribution >= 4 is 12.0 Å². The molecule has 1 rings (SSSR count).